The van der Waals surface area contributed by atoms with Crippen molar-refractivity contribution < 1.29 is 13.9 Å². The van der Waals surface area contributed by atoms with Gasteiger partial charge in [-0.25, -0.2) is 0 Å². The van der Waals surface area contributed by atoms with Gasteiger partial charge in [0.2, 0.25) is 5.13 Å². The smallest absolute Gasteiger partial charge is 0.261 e. The summed E-state index contributed by atoms with van der Waals surface area (Å²) in [6, 6.07) is 14.8. The second-order valence-corrected chi connectivity index (χ2v) is 6.00. The van der Waals surface area contributed by atoms with E-state index >= 15 is 0 Å². The average Bonchev–Trinajstić information content (AvgIpc) is 3.28. The zero-order valence-electron chi connectivity index (χ0n) is 13.2. The van der Waals surface area contributed by atoms with Gasteiger partial charge in [-0.3, -0.25) is 10.1 Å². The molecule has 0 bridgehead atoms. The van der Waals surface area contributed by atoms with Gasteiger partial charge in [-0.1, -0.05) is 18.2 Å². The molecule has 0 spiro atoms. The second kappa shape index (κ2) is 6.37. The number of carbonyl (C=O) groups excluding carboxylic acids is 1. The second-order valence-electron chi connectivity index (χ2n) is 5.25. The first-order valence-corrected chi connectivity index (χ1v) is 8.27. The third kappa shape index (κ3) is 2.97. The number of para-hydroxylation sites is 1. The van der Waals surface area contributed by atoms with Crippen LogP contribution in [0.3, 0.4) is 0 Å². The number of methoxy groups -OCH3 is 1. The van der Waals surface area contributed by atoms with E-state index in [1.807, 2.05) is 48.5 Å². The van der Waals surface area contributed by atoms with Crippen LogP contribution in [-0.2, 0) is 0 Å². The van der Waals surface area contributed by atoms with Crippen LogP contribution in [0.15, 0.2) is 59.2 Å². The van der Waals surface area contributed by atoms with Crippen LogP contribution in [0.2, 0.25) is 0 Å². The summed E-state index contributed by atoms with van der Waals surface area (Å²) < 4.78 is 14.8. The first-order chi connectivity index (χ1) is 12.2. The molecule has 7 heteroatoms. The molecule has 0 saturated carbocycles. The number of furan rings is 1. The van der Waals surface area contributed by atoms with Crippen molar-refractivity contribution in [3.63, 3.8) is 0 Å². The lowest BCUT2D eigenvalue weighted by molar-refractivity contribution is 0.102. The fourth-order valence-corrected chi connectivity index (χ4v) is 3.03. The molecule has 0 aliphatic rings. The number of anilines is 1. The molecule has 0 aliphatic heterocycles. The van der Waals surface area contributed by atoms with Crippen molar-refractivity contribution in [2.75, 3.05) is 12.4 Å². The molecule has 0 saturated heterocycles. The standard InChI is InChI=1S/C18H13N3O3S/c1-23-12-8-6-11(7-9-12)16-19-18(25-21-16)20-17(22)14-10-24-15-5-3-2-4-13(14)15/h2-10H,1H3,(H,19,20,21,22). The molecule has 0 atom stereocenters. The summed E-state index contributed by atoms with van der Waals surface area (Å²) in [5.74, 6) is 1.04. The number of ether oxygens (including phenoxy) is 1. The molecular formula is C18H13N3O3S. The molecule has 25 heavy (non-hydrogen) atoms. The Kier molecular flexibility index (Phi) is 3.91. The number of carbonyl (C=O) groups is 1. The predicted molar refractivity (Wildman–Crippen MR) is 96.1 cm³/mol. The number of fused-ring (bicyclic) bond motifs is 1. The minimum Gasteiger partial charge on any atom is -0.497 e. The number of nitrogens with one attached hydrogen (secondary N) is 1. The van der Waals surface area contributed by atoms with Crippen LogP contribution < -0.4 is 10.1 Å². The van der Waals surface area contributed by atoms with E-state index in [2.05, 4.69) is 14.7 Å². The molecular weight excluding hydrogens is 338 g/mol. The third-order valence-electron chi connectivity index (χ3n) is 3.72. The largest absolute Gasteiger partial charge is 0.497 e. The van der Waals surface area contributed by atoms with Gasteiger partial charge >= 0.3 is 0 Å². The molecule has 2 heterocycles. The molecule has 1 N–H and O–H groups in total. The van der Waals surface area contributed by atoms with E-state index < -0.39 is 0 Å². The van der Waals surface area contributed by atoms with Crippen LogP contribution in [0.4, 0.5) is 5.13 Å². The maximum Gasteiger partial charge on any atom is 0.261 e. The number of benzene rings is 2. The predicted octanol–water partition coefficient (Wildman–Crippen LogP) is 4.21. The minimum absolute atomic E-state index is 0.276. The van der Waals surface area contributed by atoms with E-state index in [0.717, 1.165) is 28.2 Å². The van der Waals surface area contributed by atoms with Crippen molar-refractivity contribution in [3.05, 3.63) is 60.4 Å². The first-order valence-electron chi connectivity index (χ1n) is 7.50. The molecule has 124 valence electrons. The lowest BCUT2D eigenvalue weighted by Gasteiger charge is -2.00. The topological polar surface area (TPSA) is 77.2 Å². The Bertz CT molecular complexity index is 1040. The average molecular weight is 351 g/mol. The van der Waals surface area contributed by atoms with Crippen LogP contribution in [0.5, 0.6) is 5.75 Å². The molecule has 0 fully saturated rings. The Labute approximate surface area is 147 Å². The van der Waals surface area contributed by atoms with E-state index in [9.17, 15) is 4.79 Å². The van der Waals surface area contributed by atoms with Gasteiger partial charge < -0.3 is 9.15 Å². The fraction of sp³-hybridized carbons (Fsp3) is 0.0556. The molecule has 2 aromatic carbocycles. The molecule has 0 unspecified atom stereocenters. The summed E-state index contributed by atoms with van der Waals surface area (Å²) in [7, 11) is 1.61. The van der Waals surface area contributed by atoms with Crippen molar-refractivity contribution >= 4 is 33.5 Å². The Balaban J connectivity index is 1.55. The summed E-state index contributed by atoms with van der Waals surface area (Å²) in [5, 5.41) is 3.97. The Morgan fingerprint density at radius 2 is 1.96 bits per heavy atom. The summed E-state index contributed by atoms with van der Waals surface area (Å²) in [4.78, 5) is 16.8. The number of hydrogen-bond acceptors (Lipinski definition) is 6. The quantitative estimate of drug-likeness (QED) is 0.596. The molecule has 4 aromatic rings. The van der Waals surface area contributed by atoms with E-state index in [1.165, 1.54) is 6.26 Å². The van der Waals surface area contributed by atoms with Gasteiger partial charge in [0.05, 0.1) is 12.7 Å². The van der Waals surface area contributed by atoms with Crippen LogP contribution in [0.1, 0.15) is 10.4 Å². The monoisotopic (exact) mass is 351 g/mol. The zero-order chi connectivity index (χ0) is 17.2. The Morgan fingerprint density at radius 1 is 1.16 bits per heavy atom. The molecule has 4 rings (SSSR count). The number of hydrogen-bond donors (Lipinski definition) is 1. The molecule has 0 radical (unpaired) electrons. The van der Waals surface area contributed by atoms with Gasteiger partial charge in [-0.15, -0.1) is 0 Å². The van der Waals surface area contributed by atoms with Gasteiger partial charge in [0.25, 0.3) is 5.91 Å². The summed E-state index contributed by atoms with van der Waals surface area (Å²) >= 11 is 1.13. The molecule has 6 nitrogen and oxygen atoms in total. The maximum atomic E-state index is 12.5. The summed E-state index contributed by atoms with van der Waals surface area (Å²) in [6.07, 6.45) is 1.45. The van der Waals surface area contributed by atoms with Crippen molar-refractivity contribution in [1.29, 1.82) is 0 Å². The van der Waals surface area contributed by atoms with Gasteiger partial charge in [0, 0.05) is 22.5 Å². The van der Waals surface area contributed by atoms with Gasteiger partial charge in [-0.2, -0.15) is 9.36 Å². The van der Waals surface area contributed by atoms with Crippen LogP contribution in [0.25, 0.3) is 22.4 Å². The number of nitrogens with zero attached hydrogens (tertiary/aromatic N) is 2. The molecule has 0 aliphatic carbocycles. The van der Waals surface area contributed by atoms with Crippen molar-refractivity contribution in [2.45, 2.75) is 0 Å². The zero-order valence-corrected chi connectivity index (χ0v) is 14.0. The van der Waals surface area contributed by atoms with Gasteiger partial charge in [0.1, 0.15) is 17.6 Å². The van der Waals surface area contributed by atoms with E-state index in [4.69, 9.17) is 9.15 Å². The Hall–Kier alpha value is -3.19. The van der Waals surface area contributed by atoms with Gasteiger partial charge in [-0.05, 0) is 30.3 Å². The number of rotatable bonds is 4. The summed E-state index contributed by atoms with van der Waals surface area (Å²) in [5.41, 5.74) is 1.99. The Morgan fingerprint density at radius 3 is 2.76 bits per heavy atom. The summed E-state index contributed by atoms with van der Waals surface area (Å²) in [6.45, 7) is 0. The third-order valence-corrected chi connectivity index (χ3v) is 4.35. The SMILES string of the molecule is COc1ccc(-c2nsc(NC(=O)c3coc4ccccc34)n2)cc1. The first kappa shape index (κ1) is 15.3. The van der Waals surface area contributed by atoms with E-state index in [1.54, 1.807) is 7.11 Å². The highest BCUT2D eigenvalue weighted by atomic mass is 32.1. The van der Waals surface area contributed by atoms with E-state index in [-0.39, 0.29) is 5.91 Å². The highest BCUT2D eigenvalue weighted by Gasteiger charge is 2.16. The van der Waals surface area contributed by atoms with Crippen LogP contribution >= 0.6 is 11.5 Å². The van der Waals surface area contributed by atoms with Gasteiger partial charge in [0.15, 0.2) is 5.82 Å². The van der Waals surface area contributed by atoms with Crippen molar-refractivity contribution in [3.8, 4) is 17.1 Å². The highest BCUT2D eigenvalue weighted by molar-refractivity contribution is 7.10. The number of amides is 1. The molecule has 1 amide bonds. The van der Waals surface area contributed by atoms with Crippen molar-refractivity contribution in [1.82, 2.24) is 9.36 Å². The van der Waals surface area contributed by atoms with E-state index in [0.29, 0.717) is 22.1 Å². The normalized spacial score (nSPS) is 10.8. The van der Waals surface area contributed by atoms with Crippen LogP contribution in [0, 0.1) is 0 Å². The maximum absolute atomic E-state index is 12.5. The number of aromatic nitrogens is 2. The minimum atomic E-state index is -0.276. The fourth-order valence-electron chi connectivity index (χ4n) is 2.45. The lowest BCUT2D eigenvalue weighted by Crippen LogP contribution is -2.10. The molecule has 2 aromatic heterocycles. The highest BCUT2D eigenvalue weighted by Crippen LogP contribution is 2.25. The van der Waals surface area contributed by atoms with Crippen LogP contribution in [-0.4, -0.2) is 22.4 Å². The lowest BCUT2D eigenvalue weighted by atomic mass is 10.2. The van der Waals surface area contributed by atoms with Crippen molar-refractivity contribution in [2.24, 2.45) is 0 Å².